The van der Waals surface area contributed by atoms with Crippen LogP contribution in [0, 0.1) is 12.7 Å². The third kappa shape index (κ3) is 1.84. The fourth-order valence-corrected chi connectivity index (χ4v) is 1.40. The Morgan fingerprint density at radius 2 is 2.19 bits per heavy atom. The van der Waals surface area contributed by atoms with Crippen molar-refractivity contribution in [2.45, 2.75) is 13.8 Å². The molecule has 0 saturated carbocycles. The number of aromatic nitrogens is 2. The zero-order valence-electron chi connectivity index (χ0n) is 8.82. The predicted octanol–water partition coefficient (Wildman–Crippen LogP) is 2.39. The second-order valence-electron chi connectivity index (χ2n) is 3.39. The lowest BCUT2D eigenvalue weighted by Gasteiger charge is -2.01. The molecular formula is C11H9FN2O2. The van der Waals surface area contributed by atoms with Gasteiger partial charge in [-0.25, -0.2) is 4.39 Å². The van der Waals surface area contributed by atoms with Crippen molar-refractivity contribution in [1.29, 1.82) is 0 Å². The molecule has 0 amide bonds. The average Bonchev–Trinajstić information content (AvgIpc) is 2.64. The van der Waals surface area contributed by atoms with Crippen LogP contribution in [0.25, 0.3) is 11.5 Å². The zero-order chi connectivity index (χ0) is 11.7. The van der Waals surface area contributed by atoms with Gasteiger partial charge in [0.15, 0.2) is 11.6 Å². The first-order valence-electron chi connectivity index (χ1n) is 4.69. The van der Waals surface area contributed by atoms with Crippen molar-refractivity contribution in [2.75, 3.05) is 0 Å². The van der Waals surface area contributed by atoms with Gasteiger partial charge in [-0.2, -0.15) is 4.98 Å². The van der Waals surface area contributed by atoms with Crippen LogP contribution in [-0.2, 0) is 0 Å². The van der Waals surface area contributed by atoms with E-state index in [1.807, 2.05) is 0 Å². The summed E-state index contributed by atoms with van der Waals surface area (Å²) in [4.78, 5) is 15.3. The van der Waals surface area contributed by atoms with Gasteiger partial charge in [0.25, 0.3) is 5.89 Å². The third-order valence-corrected chi connectivity index (χ3v) is 2.12. The van der Waals surface area contributed by atoms with Gasteiger partial charge in [-0.05, 0) is 32.0 Å². The third-order valence-electron chi connectivity index (χ3n) is 2.12. The van der Waals surface area contributed by atoms with Gasteiger partial charge in [0.1, 0.15) is 5.82 Å². The van der Waals surface area contributed by atoms with Crippen LogP contribution < -0.4 is 0 Å². The Bertz CT molecular complexity index is 549. The Balaban J connectivity index is 2.60. The quantitative estimate of drug-likeness (QED) is 0.729. The van der Waals surface area contributed by atoms with Crippen LogP contribution in [0.4, 0.5) is 4.39 Å². The molecule has 0 fully saturated rings. The maximum atomic E-state index is 13.0. The molecule has 0 aliphatic carbocycles. The van der Waals surface area contributed by atoms with Gasteiger partial charge in [0.05, 0.1) is 5.56 Å². The van der Waals surface area contributed by atoms with Crippen LogP contribution in [0.1, 0.15) is 23.1 Å². The number of benzene rings is 1. The van der Waals surface area contributed by atoms with Gasteiger partial charge in [0.2, 0.25) is 0 Å². The number of carbonyl (C=O) groups is 1. The first-order chi connectivity index (χ1) is 7.58. The van der Waals surface area contributed by atoms with Crippen molar-refractivity contribution in [3.63, 3.8) is 0 Å². The minimum atomic E-state index is -0.467. The topological polar surface area (TPSA) is 56.0 Å². The zero-order valence-corrected chi connectivity index (χ0v) is 8.82. The molecule has 0 radical (unpaired) electrons. The monoisotopic (exact) mass is 220 g/mol. The molecule has 2 rings (SSSR count). The number of ketones is 1. The number of carbonyl (C=O) groups excluding carboxylic acids is 1. The SMILES string of the molecule is CC(=O)c1cc(F)ccc1-c1nc(C)no1. The maximum absolute atomic E-state index is 13.0. The summed E-state index contributed by atoms with van der Waals surface area (Å²) < 4.78 is 18.0. The summed E-state index contributed by atoms with van der Waals surface area (Å²) in [5, 5.41) is 3.62. The largest absolute Gasteiger partial charge is 0.334 e. The lowest BCUT2D eigenvalue weighted by molar-refractivity contribution is 0.101. The molecule has 0 spiro atoms. The van der Waals surface area contributed by atoms with E-state index in [4.69, 9.17) is 4.52 Å². The van der Waals surface area contributed by atoms with Gasteiger partial charge in [-0.15, -0.1) is 0 Å². The summed E-state index contributed by atoms with van der Waals surface area (Å²) in [6.45, 7) is 3.03. The molecule has 5 heteroatoms. The van der Waals surface area contributed by atoms with E-state index in [9.17, 15) is 9.18 Å². The van der Waals surface area contributed by atoms with Crippen LogP contribution in [0.5, 0.6) is 0 Å². The summed E-state index contributed by atoms with van der Waals surface area (Å²) in [5.74, 6) is -0.0212. The van der Waals surface area contributed by atoms with Crippen LogP contribution in [0.2, 0.25) is 0 Å². The number of hydrogen-bond acceptors (Lipinski definition) is 4. The number of rotatable bonds is 2. The Kier molecular flexibility index (Phi) is 2.52. The average molecular weight is 220 g/mol. The van der Waals surface area contributed by atoms with Gasteiger partial charge in [-0.3, -0.25) is 4.79 Å². The van der Waals surface area contributed by atoms with Crippen LogP contribution in [0.3, 0.4) is 0 Å². The second-order valence-corrected chi connectivity index (χ2v) is 3.39. The first kappa shape index (κ1) is 10.5. The molecule has 0 bridgehead atoms. The molecule has 4 nitrogen and oxygen atoms in total. The van der Waals surface area contributed by atoms with Crippen molar-refractivity contribution in [3.8, 4) is 11.5 Å². The van der Waals surface area contributed by atoms with E-state index >= 15 is 0 Å². The number of nitrogens with zero attached hydrogens (tertiary/aromatic N) is 2. The van der Waals surface area contributed by atoms with Crippen molar-refractivity contribution in [1.82, 2.24) is 10.1 Å². The van der Waals surface area contributed by atoms with Crippen molar-refractivity contribution in [2.24, 2.45) is 0 Å². The number of aryl methyl sites for hydroxylation is 1. The smallest absolute Gasteiger partial charge is 0.258 e. The molecule has 82 valence electrons. The molecule has 1 aromatic carbocycles. The highest BCUT2D eigenvalue weighted by atomic mass is 19.1. The molecule has 1 heterocycles. The Morgan fingerprint density at radius 1 is 1.44 bits per heavy atom. The van der Waals surface area contributed by atoms with Crippen molar-refractivity contribution < 1.29 is 13.7 Å². The van der Waals surface area contributed by atoms with Crippen LogP contribution in [0.15, 0.2) is 22.7 Å². The van der Waals surface area contributed by atoms with E-state index in [-0.39, 0.29) is 17.2 Å². The summed E-state index contributed by atoms with van der Waals surface area (Å²) in [5.41, 5.74) is 0.693. The van der Waals surface area contributed by atoms with E-state index in [0.29, 0.717) is 11.4 Å². The molecule has 16 heavy (non-hydrogen) atoms. The van der Waals surface area contributed by atoms with E-state index in [2.05, 4.69) is 10.1 Å². The first-order valence-corrected chi connectivity index (χ1v) is 4.69. The molecular weight excluding hydrogens is 211 g/mol. The molecule has 0 saturated heterocycles. The summed E-state index contributed by atoms with van der Waals surface area (Å²) in [7, 11) is 0. The fourth-order valence-electron chi connectivity index (χ4n) is 1.40. The molecule has 0 aliphatic rings. The highest BCUT2D eigenvalue weighted by Crippen LogP contribution is 2.23. The Morgan fingerprint density at radius 3 is 2.75 bits per heavy atom. The Hall–Kier alpha value is -2.04. The lowest BCUT2D eigenvalue weighted by atomic mass is 10.0. The van der Waals surface area contributed by atoms with Gasteiger partial charge >= 0.3 is 0 Å². The van der Waals surface area contributed by atoms with Crippen LogP contribution >= 0.6 is 0 Å². The van der Waals surface area contributed by atoms with E-state index in [1.165, 1.54) is 19.1 Å². The van der Waals surface area contributed by atoms with Crippen molar-refractivity contribution in [3.05, 3.63) is 35.4 Å². The summed E-state index contributed by atoms with van der Waals surface area (Å²) in [6, 6.07) is 3.87. The molecule has 0 unspecified atom stereocenters. The summed E-state index contributed by atoms with van der Waals surface area (Å²) in [6.07, 6.45) is 0. The van der Waals surface area contributed by atoms with Crippen molar-refractivity contribution >= 4 is 5.78 Å². The second kappa shape index (κ2) is 3.84. The molecule has 0 N–H and O–H groups in total. The highest BCUT2D eigenvalue weighted by molar-refractivity contribution is 5.99. The molecule has 0 atom stereocenters. The van der Waals surface area contributed by atoms with Gasteiger partial charge < -0.3 is 4.52 Å². The minimum Gasteiger partial charge on any atom is -0.334 e. The van der Waals surface area contributed by atoms with Gasteiger partial charge in [-0.1, -0.05) is 5.16 Å². The van der Waals surface area contributed by atoms with Gasteiger partial charge in [0, 0.05) is 5.56 Å². The van der Waals surface area contributed by atoms with E-state index in [1.54, 1.807) is 6.92 Å². The lowest BCUT2D eigenvalue weighted by Crippen LogP contribution is -1.97. The minimum absolute atomic E-state index is 0.225. The maximum Gasteiger partial charge on any atom is 0.258 e. The number of Topliss-reactive ketones (excluding diaryl/α,β-unsaturated/α-hetero) is 1. The Labute approximate surface area is 91.1 Å². The van der Waals surface area contributed by atoms with E-state index < -0.39 is 5.82 Å². The number of hydrogen-bond donors (Lipinski definition) is 0. The highest BCUT2D eigenvalue weighted by Gasteiger charge is 2.15. The standard InChI is InChI=1S/C11H9FN2O2/c1-6(15)10-5-8(12)3-4-9(10)11-13-7(2)14-16-11/h3-5H,1-2H3. The van der Waals surface area contributed by atoms with E-state index in [0.717, 1.165) is 6.07 Å². The van der Waals surface area contributed by atoms with Crippen LogP contribution in [-0.4, -0.2) is 15.9 Å². The predicted molar refractivity (Wildman–Crippen MR) is 54.4 cm³/mol. The molecule has 2 aromatic rings. The molecule has 1 aromatic heterocycles. The summed E-state index contributed by atoms with van der Waals surface area (Å²) >= 11 is 0. The normalized spacial score (nSPS) is 10.4. The number of halogens is 1. The molecule has 0 aliphatic heterocycles. The fraction of sp³-hybridized carbons (Fsp3) is 0.182.